The van der Waals surface area contributed by atoms with Gasteiger partial charge in [-0.2, -0.15) is 0 Å². The van der Waals surface area contributed by atoms with Crippen LogP contribution in [0, 0.1) is 5.92 Å². The summed E-state index contributed by atoms with van der Waals surface area (Å²) in [6.07, 6.45) is 32.5. The Bertz CT molecular complexity index is 1320. The molecular weight excluding hydrogens is 778 g/mol. The number of hydrogen-bond acceptors (Lipinski definition) is 11. The molecule has 328 valence electrons. The number of aliphatic hydroxyl groups is 2. The number of esters is 2. The van der Waals surface area contributed by atoms with Crippen LogP contribution in [0.2, 0.25) is 0 Å². The summed E-state index contributed by atoms with van der Waals surface area (Å²) in [6.45, 7) is 3.65. The molecule has 5 atom stereocenters. The first-order valence-corrected chi connectivity index (χ1v) is 23.2. The highest BCUT2D eigenvalue weighted by Gasteiger charge is 2.28. The lowest BCUT2D eigenvalue weighted by molar-refractivity contribution is -0.161. The van der Waals surface area contributed by atoms with Gasteiger partial charge in [-0.1, -0.05) is 139 Å². The maximum Gasteiger partial charge on any atom is 0.472 e. The van der Waals surface area contributed by atoms with E-state index in [0.29, 0.717) is 19.3 Å². The minimum Gasteiger partial charge on any atom is -0.462 e. The van der Waals surface area contributed by atoms with E-state index < -0.39 is 72.3 Å². The lowest BCUT2D eigenvalue weighted by atomic mass is 10.00. The van der Waals surface area contributed by atoms with E-state index in [9.17, 15) is 33.8 Å². The van der Waals surface area contributed by atoms with E-state index in [-0.39, 0.29) is 12.8 Å². The van der Waals surface area contributed by atoms with Gasteiger partial charge in [0.15, 0.2) is 6.10 Å². The van der Waals surface area contributed by atoms with E-state index in [2.05, 4.69) is 66.3 Å². The molecule has 14 nitrogen and oxygen atoms in total. The number of unbranched alkanes of at least 4 members (excludes halogenated alkanes) is 5. The van der Waals surface area contributed by atoms with Gasteiger partial charge in [0.25, 0.3) is 0 Å². The maximum atomic E-state index is 12.6. The van der Waals surface area contributed by atoms with Gasteiger partial charge in [-0.05, 0) is 50.9 Å². The number of carbonyl (C=O) groups is 2. The predicted molar refractivity (Wildman–Crippen MR) is 222 cm³/mol. The van der Waals surface area contributed by atoms with Crippen molar-refractivity contribution < 1.29 is 66.7 Å². The monoisotopic (exact) mass is 848 g/mol. The van der Waals surface area contributed by atoms with Gasteiger partial charge in [0.05, 0.1) is 25.9 Å². The summed E-state index contributed by atoms with van der Waals surface area (Å²) in [4.78, 5) is 52.5. The van der Waals surface area contributed by atoms with E-state index in [1.807, 2.05) is 12.2 Å². The molecule has 3 unspecified atom stereocenters. The van der Waals surface area contributed by atoms with Gasteiger partial charge in [-0.15, -0.1) is 0 Å². The standard InChI is InChI=1S/C41H70O14P2/c1-4-6-7-8-9-10-11-12-13-14-15-19-23-28-37(42)29-24-21-26-30-40(44)51-34-39(35-54-57(49,50)53-33-38(43)32-52-56(46,47)48)55-41(45)31-25-20-17-16-18-22-27-36(3)5-2/h6-7,9-10,12-13,15,19,21,23-24,28,36-39,42-43H,4-5,8,11,14,16-18,20,22,25-27,29-35H2,1-3H3,(H,49,50)(H2,46,47,48)/b7-6-,10-9-,13-12-,19-15-,24-21-,28-23-/t36?,37?,38-,39+/m0/s1. The first-order valence-electron chi connectivity index (χ1n) is 20.1. The highest BCUT2D eigenvalue weighted by Crippen LogP contribution is 2.43. The van der Waals surface area contributed by atoms with E-state index >= 15 is 0 Å². The first-order chi connectivity index (χ1) is 27.2. The van der Waals surface area contributed by atoms with Crippen molar-refractivity contribution in [3.8, 4) is 0 Å². The topological polar surface area (TPSA) is 216 Å². The zero-order chi connectivity index (χ0) is 42.6. The second kappa shape index (κ2) is 35.5. The molecule has 0 aliphatic heterocycles. The van der Waals surface area contributed by atoms with Gasteiger partial charge >= 0.3 is 27.6 Å². The number of allylic oxidation sites excluding steroid dienone is 10. The third kappa shape index (κ3) is 38.8. The fourth-order valence-corrected chi connectivity index (χ4v) is 5.94. The van der Waals surface area contributed by atoms with Crippen molar-refractivity contribution in [2.24, 2.45) is 5.92 Å². The van der Waals surface area contributed by atoms with Crippen LogP contribution in [0.15, 0.2) is 72.9 Å². The van der Waals surface area contributed by atoms with Crippen molar-refractivity contribution in [1.29, 1.82) is 0 Å². The molecule has 16 heteroatoms. The third-order valence-electron chi connectivity index (χ3n) is 8.23. The first kappa shape index (κ1) is 54.5. The average molecular weight is 849 g/mol. The van der Waals surface area contributed by atoms with Crippen molar-refractivity contribution in [2.75, 3.05) is 26.4 Å². The van der Waals surface area contributed by atoms with Crippen molar-refractivity contribution >= 4 is 27.6 Å². The number of ether oxygens (including phenoxy) is 2. The van der Waals surface area contributed by atoms with Crippen molar-refractivity contribution in [1.82, 2.24) is 0 Å². The molecule has 0 aromatic rings. The summed E-state index contributed by atoms with van der Waals surface area (Å²) >= 11 is 0. The molecule has 5 N–H and O–H groups in total. The molecule has 0 spiro atoms. The van der Waals surface area contributed by atoms with Crippen LogP contribution in [0.5, 0.6) is 0 Å². The predicted octanol–water partition coefficient (Wildman–Crippen LogP) is 8.66. The van der Waals surface area contributed by atoms with Crippen molar-refractivity contribution in [2.45, 2.75) is 142 Å². The number of aliphatic hydroxyl groups excluding tert-OH is 2. The summed E-state index contributed by atoms with van der Waals surface area (Å²) in [5, 5.41) is 19.9. The van der Waals surface area contributed by atoms with E-state index in [1.165, 1.54) is 19.3 Å². The van der Waals surface area contributed by atoms with Gasteiger partial charge in [0.1, 0.15) is 12.7 Å². The number of rotatable bonds is 36. The Kier molecular flexibility index (Phi) is 33.9. The minimum absolute atomic E-state index is 0.0144. The molecule has 0 saturated carbocycles. The lowest BCUT2D eigenvalue weighted by Gasteiger charge is -2.20. The molecule has 0 rings (SSSR count). The van der Waals surface area contributed by atoms with Crippen molar-refractivity contribution in [3.63, 3.8) is 0 Å². The Morgan fingerprint density at radius 2 is 1.25 bits per heavy atom. The van der Waals surface area contributed by atoms with Crippen LogP contribution in [-0.2, 0) is 41.8 Å². The number of carbonyl (C=O) groups excluding carboxylic acids is 2. The Morgan fingerprint density at radius 3 is 1.89 bits per heavy atom. The highest BCUT2D eigenvalue weighted by molar-refractivity contribution is 7.47. The summed E-state index contributed by atoms with van der Waals surface area (Å²) < 4.78 is 47.5. The van der Waals surface area contributed by atoms with Crippen LogP contribution in [0.1, 0.15) is 124 Å². The smallest absolute Gasteiger partial charge is 0.462 e. The lowest BCUT2D eigenvalue weighted by Crippen LogP contribution is -2.29. The quantitative estimate of drug-likeness (QED) is 0.0131. The zero-order valence-corrected chi connectivity index (χ0v) is 36.0. The molecule has 0 saturated heterocycles. The summed E-state index contributed by atoms with van der Waals surface area (Å²) in [7, 11) is -9.72. The normalized spacial score (nSPS) is 16.0. The van der Waals surface area contributed by atoms with Crippen LogP contribution < -0.4 is 0 Å². The van der Waals surface area contributed by atoms with Gasteiger partial charge in [0.2, 0.25) is 0 Å². The van der Waals surface area contributed by atoms with Crippen LogP contribution in [0.25, 0.3) is 0 Å². The summed E-state index contributed by atoms with van der Waals surface area (Å²) in [5.41, 5.74) is 0. The highest BCUT2D eigenvalue weighted by atomic mass is 31.2. The molecule has 0 amide bonds. The molecule has 0 radical (unpaired) electrons. The third-order valence-corrected chi connectivity index (χ3v) is 9.67. The van der Waals surface area contributed by atoms with Crippen molar-refractivity contribution in [3.05, 3.63) is 72.9 Å². The Balaban J connectivity index is 4.76. The molecule has 0 bridgehead atoms. The van der Waals surface area contributed by atoms with Gasteiger partial charge < -0.3 is 34.4 Å². The van der Waals surface area contributed by atoms with E-state index in [1.54, 1.807) is 24.3 Å². The molecule has 0 heterocycles. The molecule has 0 aromatic carbocycles. The Hall–Kier alpha value is -2.48. The van der Waals surface area contributed by atoms with Crippen LogP contribution in [0.4, 0.5) is 0 Å². The summed E-state index contributed by atoms with van der Waals surface area (Å²) in [6, 6.07) is 0. The second-order valence-electron chi connectivity index (χ2n) is 13.6. The Morgan fingerprint density at radius 1 is 0.649 bits per heavy atom. The molecule has 57 heavy (non-hydrogen) atoms. The fraction of sp³-hybridized carbons (Fsp3) is 0.659. The molecule has 0 aliphatic rings. The average Bonchev–Trinajstić information content (AvgIpc) is 3.16. The van der Waals surface area contributed by atoms with Gasteiger partial charge in [-0.25, -0.2) is 9.13 Å². The van der Waals surface area contributed by atoms with Gasteiger partial charge in [-0.3, -0.25) is 23.2 Å². The number of phosphoric acid groups is 2. The molecule has 0 fully saturated rings. The van der Waals surface area contributed by atoms with Crippen LogP contribution in [-0.4, -0.2) is 81.6 Å². The van der Waals surface area contributed by atoms with Crippen LogP contribution in [0.3, 0.4) is 0 Å². The van der Waals surface area contributed by atoms with E-state index in [4.69, 9.17) is 23.8 Å². The second-order valence-corrected chi connectivity index (χ2v) is 16.3. The van der Waals surface area contributed by atoms with E-state index in [0.717, 1.165) is 57.3 Å². The largest absolute Gasteiger partial charge is 0.472 e. The molecule has 0 aromatic heterocycles. The minimum atomic E-state index is -4.88. The zero-order valence-electron chi connectivity index (χ0n) is 34.2. The number of phosphoric ester groups is 2. The SMILES string of the molecule is CC/C=C\C/C=C\C/C=C\C/C=C\C=C/C(O)C/C=C\CCC(=O)OC[C@H](COP(=O)(O)OC[C@@H](O)COP(=O)(O)O)OC(=O)CCCCCCCCC(C)CC. The maximum absolute atomic E-state index is 12.6. The fourth-order valence-electron chi connectivity index (χ4n) is 4.78. The van der Waals surface area contributed by atoms with Crippen LogP contribution >= 0.6 is 15.6 Å². The number of hydrogen-bond donors (Lipinski definition) is 5. The van der Waals surface area contributed by atoms with Gasteiger partial charge in [0, 0.05) is 12.8 Å². The Labute approximate surface area is 340 Å². The molecule has 0 aliphatic carbocycles. The molecular formula is C41H70O14P2. The summed E-state index contributed by atoms with van der Waals surface area (Å²) in [5.74, 6) is -0.500.